The molecule has 0 saturated carbocycles. The van der Waals surface area contributed by atoms with Crippen molar-refractivity contribution >= 4 is 5.97 Å². The Labute approximate surface area is 118 Å². The van der Waals surface area contributed by atoms with Crippen molar-refractivity contribution < 1.29 is 19.4 Å². The molecule has 0 bridgehead atoms. The molecule has 1 heterocycles. The zero-order chi connectivity index (χ0) is 14.4. The third kappa shape index (κ3) is 3.95. The first-order valence-electron chi connectivity index (χ1n) is 6.90. The Morgan fingerprint density at radius 3 is 2.80 bits per heavy atom. The van der Waals surface area contributed by atoms with Crippen LogP contribution in [0.1, 0.15) is 23.2 Å². The number of carboxylic acid groups (broad SMARTS) is 1. The van der Waals surface area contributed by atoms with E-state index in [4.69, 9.17) is 14.6 Å². The highest BCUT2D eigenvalue weighted by Crippen LogP contribution is 2.20. The van der Waals surface area contributed by atoms with E-state index in [2.05, 4.69) is 5.32 Å². The average Bonchev–Trinajstić information content (AvgIpc) is 2.48. The standard InChI is InChI=1S/C15H21NO4/c1-19-14-10-16-8-6-11(14)7-9-20-13-4-2-12(3-5-13)15(17)18/h2-5,11,14,16H,6-10H2,1H3,(H,17,18). The fraction of sp³-hybridized carbons (Fsp3) is 0.533. The zero-order valence-electron chi connectivity index (χ0n) is 11.7. The van der Waals surface area contributed by atoms with E-state index in [-0.39, 0.29) is 11.7 Å². The maximum Gasteiger partial charge on any atom is 0.335 e. The fourth-order valence-electron chi connectivity index (χ4n) is 2.51. The van der Waals surface area contributed by atoms with Crippen LogP contribution < -0.4 is 10.1 Å². The summed E-state index contributed by atoms with van der Waals surface area (Å²) in [4.78, 5) is 10.7. The molecule has 1 aromatic carbocycles. The number of piperidine rings is 1. The number of rotatable bonds is 6. The Kier molecular flexibility index (Phi) is 5.38. The van der Waals surface area contributed by atoms with Crippen molar-refractivity contribution in [2.24, 2.45) is 5.92 Å². The highest BCUT2D eigenvalue weighted by Gasteiger charge is 2.24. The normalized spacial score (nSPS) is 22.4. The van der Waals surface area contributed by atoms with Crippen molar-refractivity contribution in [1.82, 2.24) is 5.32 Å². The summed E-state index contributed by atoms with van der Waals surface area (Å²) in [6.45, 7) is 2.54. The number of carbonyl (C=O) groups is 1. The molecule has 0 radical (unpaired) electrons. The minimum Gasteiger partial charge on any atom is -0.494 e. The largest absolute Gasteiger partial charge is 0.494 e. The topological polar surface area (TPSA) is 67.8 Å². The second-order valence-electron chi connectivity index (χ2n) is 4.99. The van der Waals surface area contributed by atoms with Crippen molar-refractivity contribution in [3.05, 3.63) is 29.8 Å². The van der Waals surface area contributed by atoms with E-state index < -0.39 is 5.97 Å². The summed E-state index contributed by atoms with van der Waals surface area (Å²) < 4.78 is 11.1. The molecule has 0 spiro atoms. The Bertz CT molecular complexity index is 432. The van der Waals surface area contributed by atoms with Gasteiger partial charge in [-0.05, 0) is 49.6 Å². The van der Waals surface area contributed by atoms with Gasteiger partial charge in [-0.15, -0.1) is 0 Å². The summed E-state index contributed by atoms with van der Waals surface area (Å²) >= 11 is 0. The van der Waals surface area contributed by atoms with Gasteiger partial charge in [-0.3, -0.25) is 0 Å². The van der Waals surface area contributed by atoms with Gasteiger partial charge in [0.2, 0.25) is 0 Å². The van der Waals surface area contributed by atoms with Gasteiger partial charge in [-0.2, -0.15) is 0 Å². The SMILES string of the molecule is COC1CNCCC1CCOc1ccc(C(=O)O)cc1. The van der Waals surface area contributed by atoms with E-state index in [1.807, 2.05) is 0 Å². The third-order valence-electron chi connectivity index (χ3n) is 3.72. The maximum atomic E-state index is 10.7. The Balaban J connectivity index is 1.78. The zero-order valence-corrected chi connectivity index (χ0v) is 11.7. The van der Waals surface area contributed by atoms with Gasteiger partial charge in [0.1, 0.15) is 5.75 Å². The lowest BCUT2D eigenvalue weighted by Gasteiger charge is -2.31. The number of methoxy groups -OCH3 is 1. The van der Waals surface area contributed by atoms with Gasteiger partial charge in [0, 0.05) is 13.7 Å². The van der Waals surface area contributed by atoms with E-state index in [1.165, 1.54) is 0 Å². The van der Waals surface area contributed by atoms with Crippen LogP contribution in [0.2, 0.25) is 0 Å². The summed E-state index contributed by atoms with van der Waals surface area (Å²) in [6, 6.07) is 6.50. The molecule has 1 aliphatic rings. The lowest BCUT2D eigenvalue weighted by Crippen LogP contribution is -2.42. The molecule has 1 aliphatic heterocycles. The molecule has 2 N–H and O–H groups in total. The lowest BCUT2D eigenvalue weighted by molar-refractivity contribution is 0.0253. The molecule has 2 unspecified atom stereocenters. The summed E-state index contributed by atoms with van der Waals surface area (Å²) in [6.07, 6.45) is 2.29. The molecule has 1 fully saturated rings. The third-order valence-corrected chi connectivity index (χ3v) is 3.72. The number of carboxylic acids is 1. The van der Waals surface area contributed by atoms with Gasteiger partial charge in [-0.1, -0.05) is 0 Å². The molecule has 0 aliphatic carbocycles. The number of benzene rings is 1. The predicted molar refractivity (Wildman–Crippen MR) is 75.3 cm³/mol. The monoisotopic (exact) mass is 279 g/mol. The Morgan fingerprint density at radius 2 is 2.15 bits per heavy atom. The van der Waals surface area contributed by atoms with Crippen molar-refractivity contribution in [3.8, 4) is 5.75 Å². The predicted octanol–water partition coefficient (Wildman–Crippen LogP) is 1.78. The van der Waals surface area contributed by atoms with Gasteiger partial charge >= 0.3 is 5.97 Å². The van der Waals surface area contributed by atoms with E-state index in [0.29, 0.717) is 18.3 Å². The van der Waals surface area contributed by atoms with E-state index in [9.17, 15) is 4.79 Å². The van der Waals surface area contributed by atoms with Crippen LogP contribution in [0, 0.1) is 5.92 Å². The first kappa shape index (κ1) is 14.8. The lowest BCUT2D eigenvalue weighted by atomic mass is 9.92. The highest BCUT2D eigenvalue weighted by molar-refractivity contribution is 5.87. The van der Waals surface area contributed by atoms with Crippen LogP contribution in [0.5, 0.6) is 5.75 Å². The molecule has 1 aromatic rings. The van der Waals surface area contributed by atoms with Crippen LogP contribution in [0.15, 0.2) is 24.3 Å². The molecular weight excluding hydrogens is 258 g/mol. The maximum absolute atomic E-state index is 10.7. The smallest absolute Gasteiger partial charge is 0.335 e. The Hall–Kier alpha value is -1.59. The van der Waals surface area contributed by atoms with Crippen LogP contribution >= 0.6 is 0 Å². The van der Waals surface area contributed by atoms with Crippen LogP contribution in [-0.2, 0) is 4.74 Å². The minimum absolute atomic E-state index is 0.252. The van der Waals surface area contributed by atoms with Crippen molar-refractivity contribution in [3.63, 3.8) is 0 Å². The molecule has 0 amide bonds. The van der Waals surface area contributed by atoms with Crippen LogP contribution in [0.4, 0.5) is 0 Å². The highest BCUT2D eigenvalue weighted by atomic mass is 16.5. The molecule has 2 rings (SSSR count). The summed E-state index contributed by atoms with van der Waals surface area (Å²) in [5.74, 6) is 0.298. The Morgan fingerprint density at radius 1 is 1.40 bits per heavy atom. The molecule has 20 heavy (non-hydrogen) atoms. The summed E-state index contributed by atoms with van der Waals surface area (Å²) in [7, 11) is 1.75. The van der Waals surface area contributed by atoms with Crippen LogP contribution in [-0.4, -0.2) is 44.0 Å². The van der Waals surface area contributed by atoms with E-state index >= 15 is 0 Å². The number of nitrogens with one attached hydrogen (secondary N) is 1. The fourth-order valence-corrected chi connectivity index (χ4v) is 2.51. The number of hydrogen-bond acceptors (Lipinski definition) is 4. The average molecular weight is 279 g/mol. The minimum atomic E-state index is -0.922. The van der Waals surface area contributed by atoms with Gasteiger partial charge in [0.25, 0.3) is 0 Å². The van der Waals surface area contributed by atoms with Crippen molar-refractivity contribution in [2.45, 2.75) is 18.9 Å². The van der Waals surface area contributed by atoms with E-state index in [1.54, 1.807) is 31.4 Å². The molecule has 5 heteroatoms. The first-order valence-corrected chi connectivity index (χ1v) is 6.90. The van der Waals surface area contributed by atoms with Crippen LogP contribution in [0.25, 0.3) is 0 Å². The van der Waals surface area contributed by atoms with Gasteiger partial charge in [0.15, 0.2) is 0 Å². The second-order valence-corrected chi connectivity index (χ2v) is 4.99. The molecule has 5 nitrogen and oxygen atoms in total. The van der Waals surface area contributed by atoms with Gasteiger partial charge in [-0.25, -0.2) is 4.79 Å². The number of ether oxygens (including phenoxy) is 2. The quantitative estimate of drug-likeness (QED) is 0.831. The van der Waals surface area contributed by atoms with Gasteiger partial charge in [0.05, 0.1) is 18.3 Å². The van der Waals surface area contributed by atoms with Gasteiger partial charge < -0.3 is 19.9 Å². The second kappa shape index (κ2) is 7.26. The van der Waals surface area contributed by atoms with Crippen molar-refractivity contribution in [2.75, 3.05) is 26.8 Å². The van der Waals surface area contributed by atoms with E-state index in [0.717, 1.165) is 25.9 Å². The van der Waals surface area contributed by atoms with Crippen molar-refractivity contribution in [1.29, 1.82) is 0 Å². The van der Waals surface area contributed by atoms with Crippen LogP contribution in [0.3, 0.4) is 0 Å². The number of aromatic carboxylic acids is 1. The molecule has 2 atom stereocenters. The molecular formula is C15H21NO4. The summed E-state index contributed by atoms with van der Waals surface area (Å²) in [5.41, 5.74) is 0.273. The summed E-state index contributed by atoms with van der Waals surface area (Å²) in [5, 5.41) is 12.1. The molecule has 0 aromatic heterocycles. The molecule has 1 saturated heterocycles. The number of hydrogen-bond donors (Lipinski definition) is 2. The molecule has 110 valence electrons. The first-order chi connectivity index (χ1) is 9.70.